The average molecular weight is 214 g/mol. The Morgan fingerprint density at radius 2 is 2.00 bits per heavy atom. The average Bonchev–Trinajstić information content (AvgIpc) is 2.12. The van der Waals surface area contributed by atoms with E-state index >= 15 is 0 Å². The van der Waals surface area contributed by atoms with Crippen molar-refractivity contribution in [3.8, 4) is 0 Å². The van der Waals surface area contributed by atoms with Crippen molar-refractivity contribution in [3.05, 3.63) is 40.6 Å². The van der Waals surface area contributed by atoms with Gasteiger partial charge in [0.25, 0.3) is 0 Å². The Morgan fingerprint density at radius 3 is 2.71 bits per heavy atom. The molecule has 2 rings (SSSR count). The lowest BCUT2D eigenvalue weighted by molar-refractivity contribution is 0.515. The molecule has 4 heteroatoms. The van der Waals surface area contributed by atoms with Crippen molar-refractivity contribution in [2.45, 2.75) is 6.92 Å². The summed E-state index contributed by atoms with van der Waals surface area (Å²) in [4.78, 5) is 3.90. The van der Waals surface area contributed by atoms with Crippen LogP contribution in [-0.4, -0.2) is 4.98 Å². The molecule has 0 radical (unpaired) electrons. The fraction of sp³-hybridized carbons (Fsp3) is 0.100. The smallest absolute Gasteiger partial charge is 0.185 e. The Hall–Kier alpha value is -1.22. The first-order chi connectivity index (χ1) is 6.59. The maximum absolute atomic E-state index is 13.3. The first-order valence-corrected chi connectivity index (χ1v) is 4.38. The number of hydrogen-bond acceptors (Lipinski definition) is 1. The number of fused-ring (bicyclic) bond motifs is 1. The highest BCUT2D eigenvalue weighted by Crippen LogP contribution is 2.25. The number of rotatable bonds is 0. The van der Waals surface area contributed by atoms with Gasteiger partial charge in [0.05, 0.1) is 5.02 Å². The van der Waals surface area contributed by atoms with Crippen LogP contribution in [0.15, 0.2) is 18.2 Å². The molecule has 0 aliphatic heterocycles. The van der Waals surface area contributed by atoms with Gasteiger partial charge in [0.1, 0.15) is 5.52 Å². The van der Waals surface area contributed by atoms with Crippen molar-refractivity contribution in [2.75, 3.05) is 0 Å². The summed E-state index contributed by atoms with van der Waals surface area (Å²) in [7, 11) is 0. The van der Waals surface area contributed by atoms with E-state index in [0.717, 1.165) is 6.07 Å². The number of halogens is 3. The molecule has 1 heterocycles. The van der Waals surface area contributed by atoms with E-state index < -0.39 is 11.6 Å². The molecule has 72 valence electrons. The fourth-order valence-corrected chi connectivity index (χ4v) is 1.62. The van der Waals surface area contributed by atoms with E-state index in [9.17, 15) is 8.78 Å². The molecular weight excluding hydrogens is 208 g/mol. The summed E-state index contributed by atoms with van der Waals surface area (Å²) >= 11 is 5.86. The zero-order chi connectivity index (χ0) is 10.3. The van der Waals surface area contributed by atoms with Gasteiger partial charge in [-0.05, 0) is 25.1 Å². The molecule has 0 aliphatic rings. The van der Waals surface area contributed by atoms with Crippen LogP contribution in [0.2, 0.25) is 5.02 Å². The topological polar surface area (TPSA) is 12.9 Å². The lowest BCUT2D eigenvalue weighted by Crippen LogP contribution is -1.91. The molecule has 0 saturated carbocycles. The van der Waals surface area contributed by atoms with E-state index in [1.807, 2.05) is 0 Å². The molecule has 1 aromatic heterocycles. The van der Waals surface area contributed by atoms with Crippen molar-refractivity contribution in [1.82, 2.24) is 4.98 Å². The van der Waals surface area contributed by atoms with E-state index in [1.54, 1.807) is 13.0 Å². The summed E-state index contributed by atoms with van der Waals surface area (Å²) in [5.41, 5.74) is 0.544. The summed E-state index contributed by atoms with van der Waals surface area (Å²) < 4.78 is 26.1. The van der Waals surface area contributed by atoms with E-state index in [1.165, 1.54) is 6.07 Å². The van der Waals surface area contributed by atoms with Crippen LogP contribution in [0.4, 0.5) is 8.78 Å². The summed E-state index contributed by atoms with van der Waals surface area (Å²) in [6.45, 7) is 1.68. The highest BCUT2D eigenvalue weighted by atomic mass is 35.5. The van der Waals surface area contributed by atoms with Crippen LogP contribution in [0.1, 0.15) is 5.69 Å². The van der Waals surface area contributed by atoms with Gasteiger partial charge >= 0.3 is 0 Å². The number of aryl methyl sites for hydroxylation is 1. The molecule has 0 amide bonds. The summed E-state index contributed by atoms with van der Waals surface area (Å²) in [6.07, 6.45) is 0. The van der Waals surface area contributed by atoms with Gasteiger partial charge in [-0.3, -0.25) is 0 Å². The van der Waals surface area contributed by atoms with E-state index in [2.05, 4.69) is 4.98 Å². The van der Waals surface area contributed by atoms with Gasteiger partial charge in [-0.2, -0.15) is 0 Å². The first kappa shape index (κ1) is 9.34. The molecular formula is C10H6ClF2N. The molecule has 0 bridgehead atoms. The monoisotopic (exact) mass is 213 g/mol. The summed E-state index contributed by atoms with van der Waals surface area (Å²) in [5.74, 6) is -1.86. The summed E-state index contributed by atoms with van der Waals surface area (Å²) in [6, 6.07) is 4.07. The molecule has 1 aromatic carbocycles. The Bertz CT molecular complexity index is 511. The van der Waals surface area contributed by atoms with Crippen LogP contribution in [0.25, 0.3) is 10.9 Å². The third-order valence-corrected chi connectivity index (χ3v) is 2.26. The Labute approximate surface area is 84.3 Å². The highest BCUT2D eigenvalue weighted by Gasteiger charge is 2.10. The van der Waals surface area contributed by atoms with Gasteiger partial charge in [-0.25, -0.2) is 13.8 Å². The Kier molecular flexibility index (Phi) is 2.11. The second-order valence-electron chi connectivity index (χ2n) is 3.00. The number of nitrogens with zero attached hydrogens (tertiary/aromatic N) is 1. The minimum absolute atomic E-state index is 0.0185. The molecule has 0 atom stereocenters. The summed E-state index contributed by atoms with van der Waals surface area (Å²) in [5, 5.41) is 0.808. The SMILES string of the molecule is Cc1cc(Cl)c2ccc(F)c(F)c2n1. The third-order valence-electron chi connectivity index (χ3n) is 1.95. The maximum Gasteiger partial charge on any atom is 0.185 e. The van der Waals surface area contributed by atoms with Crippen molar-refractivity contribution in [3.63, 3.8) is 0 Å². The minimum Gasteiger partial charge on any atom is -0.250 e. The fourth-order valence-electron chi connectivity index (χ4n) is 1.31. The normalized spacial score (nSPS) is 10.9. The molecule has 2 aromatic rings. The molecule has 0 unspecified atom stereocenters. The predicted molar refractivity (Wildman–Crippen MR) is 51.4 cm³/mol. The van der Waals surface area contributed by atoms with Crippen molar-refractivity contribution < 1.29 is 8.78 Å². The van der Waals surface area contributed by atoms with Crippen LogP contribution < -0.4 is 0 Å². The molecule has 0 aliphatic carbocycles. The van der Waals surface area contributed by atoms with Gasteiger partial charge in [0.2, 0.25) is 0 Å². The second kappa shape index (κ2) is 3.17. The van der Waals surface area contributed by atoms with Gasteiger partial charge in [0.15, 0.2) is 11.6 Å². The predicted octanol–water partition coefficient (Wildman–Crippen LogP) is 3.47. The van der Waals surface area contributed by atoms with Crippen molar-refractivity contribution >= 4 is 22.5 Å². The van der Waals surface area contributed by atoms with Gasteiger partial charge in [-0.1, -0.05) is 11.6 Å². The zero-order valence-corrected chi connectivity index (χ0v) is 8.07. The van der Waals surface area contributed by atoms with E-state index in [0.29, 0.717) is 16.1 Å². The zero-order valence-electron chi connectivity index (χ0n) is 7.31. The largest absolute Gasteiger partial charge is 0.250 e. The molecule has 0 saturated heterocycles. The lowest BCUT2D eigenvalue weighted by atomic mass is 10.2. The Balaban J connectivity index is 2.95. The van der Waals surface area contributed by atoms with E-state index in [-0.39, 0.29) is 5.52 Å². The van der Waals surface area contributed by atoms with Gasteiger partial charge < -0.3 is 0 Å². The van der Waals surface area contributed by atoms with Gasteiger partial charge in [-0.15, -0.1) is 0 Å². The first-order valence-electron chi connectivity index (χ1n) is 4.00. The van der Waals surface area contributed by atoms with Gasteiger partial charge in [0, 0.05) is 11.1 Å². The minimum atomic E-state index is -0.951. The number of benzene rings is 1. The molecule has 0 fully saturated rings. The lowest BCUT2D eigenvalue weighted by Gasteiger charge is -2.03. The Morgan fingerprint density at radius 1 is 1.29 bits per heavy atom. The third kappa shape index (κ3) is 1.34. The van der Waals surface area contributed by atoms with Crippen molar-refractivity contribution in [1.29, 1.82) is 0 Å². The molecule has 1 nitrogen and oxygen atoms in total. The quantitative estimate of drug-likeness (QED) is 0.653. The van der Waals surface area contributed by atoms with E-state index in [4.69, 9.17) is 11.6 Å². The number of pyridine rings is 1. The van der Waals surface area contributed by atoms with Crippen LogP contribution in [0, 0.1) is 18.6 Å². The number of aromatic nitrogens is 1. The van der Waals surface area contributed by atoms with Crippen LogP contribution >= 0.6 is 11.6 Å². The van der Waals surface area contributed by atoms with Crippen molar-refractivity contribution in [2.24, 2.45) is 0 Å². The molecule has 14 heavy (non-hydrogen) atoms. The van der Waals surface area contributed by atoms with Crippen LogP contribution in [0.3, 0.4) is 0 Å². The maximum atomic E-state index is 13.3. The molecule has 0 spiro atoms. The number of hydrogen-bond donors (Lipinski definition) is 0. The second-order valence-corrected chi connectivity index (χ2v) is 3.41. The molecule has 0 N–H and O–H groups in total. The van der Waals surface area contributed by atoms with Crippen LogP contribution in [-0.2, 0) is 0 Å². The van der Waals surface area contributed by atoms with Crippen LogP contribution in [0.5, 0.6) is 0 Å². The highest BCUT2D eigenvalue weighted by molar-refractivity contribution is 6.35. The standard InChI is InChI=1S/C10H6ClF2N/c1-5-4-7(11)6-2-3-8(12)9(13)10(6)14-5/h2-4H,1H3.